The van der Waals surface area contributed by atoms with Crippen LogP contribution in [0.2, 0.25) is 0 Å². The highest BCUT2D eigenvalue weighted by Crippen LogP contribution is 2.30. The number of benzene rings is 1. The number of piperidine rings is 1. The minimum atomic E-state index is 0.124. The van der Waals surface area contributed by atoms with E-state index in [0.717, 1.165) is 37.2 Å². The molecule has 0 saturated carbocycles. The van der Waals surface area contributed by atoms with Gasteiger partial charge in [-0.25, -0.2) is 9.97 Å². The molecule has 5 heteroatoms. The van der Waals surface area contributed by atoms with E-state index >= 15 is 0 Å². The van der Waals surface area contributed by atoms with Gasteiger partial charge in [-0.05, 0) is 48.9 Å². The van der Waals surface area contributed by atoms with Crippen LogP contribution in [0.4, 0.5) is 0 Å². The summed E-state index contributed by atoms with van der Waals surface area (Å²) in [6.45, 7) is 10.7. The third-order valence-electron chi connectivity index (χ3n) is 5.70. The molecule has 2 aromatic heterocycles. The Balaban J connectivity index is 1.55. The van der Waals surface area contributed by atoms with Crippen LogP contribution in [-0.4, -0.2) is 32.5 Å². The lowest BCUT2D eigenvalue weighted by Crippen LogP contribution is -2.33. The summed E-state index contributed by atoms with van der Waals surface area (Å²) in [5.41, 5.74) is 3.73. The molecule has 0 bridgehead atoms. The predicted molar refractivity (Wildman–Crippen MR) is 115 cm³/mol. The number of likely N-dealkylation sites (tertiary alicyclic amines) is 1. The Hall–Kier alpha value is -2.71. The highest BCUT2D eigenvalue weighted by molar-refractivity contribution is 5.77. The van der Waals surface area contributed by atoms with E-state index in [9.17, 15) is 5.26 Å². The fourth-order valence-corrected chi connectivity index (χ4v) is 4.31. The summed E-state index contributed by atoms with van der Waals surface area (Å²) >= 11 is 0. The SMILES string of the molecule is CC(C)(C)Cn1c(CN2CCC(c3ccccc3)CC2)cc2cnc(C#N)nc21. The zero-order valence-electron chi connectivity index (χ0n) is 17.6. The summed E-state index contributed by atoms with van der Waals surface area (Å²) in [6.07, 6.45) is 4.18. The minimum absolute atomic E-state index is 0.124. The molecule has 29 heavy (non-hydrogen) atoms. The van der Waals surface area contributed by atoms with E-state index in [2.05, 4.69) is 82.7 Å². The fraction of sp³-hybridized carbons (Fsp3) is 0.458. The maximum absolute atomic E-state index is 9.21. The van der Waals surface area contributed by atoms with Crippen molar-refractivity contribution in [2.75, 3.05) is 13.1 Å². The maximum atomic E-state index is 9.21. The Morgan fingerprint density at radius 2 is 1.86 bits per heavy atom. The maximum Gasteiger partial charge on any atom is 0.234 e. The van der Waals surface area contributed by atoms with Crippen LogP contribution >= 0.6 is 0 Å². The van der Waals surface area contributed by atoms with Crippen molar-refractivity contribution in [2.24, 2.45) is 5.41 Å². The highest BCUT2D eigenvalue weighted by atomic mass is 15.2. The molecule has 0 unspecified atom stereocenters. The van der Waals surface area contributed by atoms with Crippen molar-refractivity contribution in [1.29, 1.82) is 5.26 Å². The molecule has 1 aromatic carbocycles. The van der Waals surface area contributed by atoms with E-state index in [0.29, 0.717) is 5.92 Å². The number of aromatic nitrogens is 3. The van der Waals surface area contributed by atoms with Gasteiger partial charge in [0, 0.05) is 30.4 Å². The highest BCUT2D eigenvalue weighted by Gasteiger charge is 2.23. The van der Waals surface area contributed by atoms with Crippen LogP contribution in [0.5, 0.6) is 0 Å². The number of hydrogen-bond acceptors (Lipinski definition) is 4. The molecular formula is C24H29N5. The molecule has 4 rings (SSSR count). The van der Waals surface area contributed by atoms with E-state index in [1.807, 2.05) is 0 Å². The lowest BCUT2D eigenvalue weighted by Gasteiger charge is -2.32. The Bertz CT molecular complexity index is 1020. The molecule has 5 nitrogen and oxygen atoms in total. The fourth-order valence-electron chi connectivity index (χ4n) is 4.31. The molecule has 1 fully saturated rings. The first-order chi connectivity index (χ1) is 13.9. The van der Waals surface area contributed by atoms with Gasteiger partial charge in [-0.15, -0.1) is 0 Å². The van der Waals surface area contributed by atoms with Gasteiger partial charge in [-0.1, -0.05) is 51.1 Å². The lowest BCUT2D eigenvalue weighted by molar-refractivity contribution is 0.198. The first-order valence-electron chi connectivity index (χ1n) is 10.5. The van der Waals surface area contributed by atoms with Crippen LogP contribution in [0.15, 0.2) is 42.6 Å². The molecule has 0 atom stereocenters. The molecule has 150 valence electrons. The average molecular weight is 388 g/mol. The summed E-state index contributed by atoms with van der Waals surface area (Å²) in [7, 11) is 0. The van der Waals surface area contributed by atoms with Gasteiger partial charge in [-0.3, -0.25) is 4.90 Å². The van der Waals surface area contributed by atoms with Gasteiger partial charge in [0.25, 0.3) is 0 Å². The van der Waals surface area contributed by atoms with Gasteiger partial charge in [0.05, 0.1) is 0 Å². The monoisotopic (exact) mass is 387 g/mol. The van der Waals surface area contributed by atoms with E-state index in [-0.39, 0.29) is 11.2 Å². The topological polar surface area (TPSA) is 57.7 Å². The smallest absolute Gasteiger partial charge is 0.234 e. The summed E-state index contributed by atoms with van der Waals surface area (Å²) in [5.74, 6) is 0.901. The summed E-state index contributed by atoms with van der Waals surface area (Å²) in [5, 5.41) is 10.2. The van der Waals surface area contributed by atoms with Crippen molar-refractivity contribution in [3.8, 4) is 6.07 Å². The predicted octanol–water partition coefficient (Wildman–Crippen LogP) is 4.73. The molecule has 1 aliphatic rings. The van der Waals surface area contributed by atoms with Gasteiger partial charge < -0.3 is 4.57 Å². The standard InChI is InChI=1S/C24H29N5/c1-24(2,3)17-29-21(13-20-15-26-22(14-25)27-23(20)29)16-28-11-9-19(10-12-28)18-7-5-4-6-8-18/h4-8,13,15,19H,9-12,16-17H2,1-3H3. The van der Waals surface area contributed by atoms with Crippen LogP contribution in [0.1, 0.15) is 56.6 Å². The zero-order valence-corrected chi connectivity index (χ0v) is 17.6. The van der Waals surface area contributed by atoms with Gasteiger partial charge in [0.1, 0.15) is 11.7 Å². The largest absolute Gasteiger partial charge is 0.328 e. The Morgan fingerprint density at radius 3 is 2.52 bits per heavy atom. The van der Waals surface area contributed by atoms with Crippen LogP contribution < -0.4 is 0 Å². The molecule has 1 saturated heterocycles. The Kier molecular flexibility index (Phi) is 5.38. The minimum Gasteiger partial charge on any atom is -0.328 e. The number of hydrogen-bond donors (Lipinski definition) is 0. The van der Waals surface area contributed by atoms with E-state index in [4.69, 9.17) is 0 Å². The molecule has 0 N–H and O–H groups in total. The third-order valence-corrected chi connectivity index (χ3v) is 5.70. The third kappa shape index (κ3) is 4.49. The lowest BCUT2D eigenvalue weighted by atomic mass is 9.89. The second kappa shape index (κ2) is 7.96. The van der Waals surface area contributed by atoms with Crippen molar-refractivity contribution in [3.05, 3.63) is 59.7 Å². The normalized spacial score (nSPS) is 16.2. The average Bonchev–Trinajstić information content (AvgIpc) is 3.04. The summed E-state index contributed by atoms with van der Waals surface area (Å²) in [6, 6.07) is 15.2. The van der Waals surface area contributed by atoms with E-state index in [1.54, 1.807) is 6.20 Å². The van der Waals surface area contributed by atoms with Crippen molar-refractivity contribution in [1.82, 2.24) is 19.4 Å². The van der Waals surface area contributed by atoms with Crippen molar-refractivity contribution >= 4 is 11.0 Å². The van der Waals surface area contributed by atoms with Gasteiger partial charge in [-0.2, -0.15) is 5.26 Å². The molecule has 0 aliphatic carbocycles. The van der Waals surface area contributed by atoms with Gasteiger partial charge in [0.15, 0.2) is 0 Å². The van der Waals surface area contributed by atoms with Crippen molar-refractivity contribution in [3.63, 3.8) is 0 Å². The van der Waals surface area contributed by atoms with E-state index in [1.165, 1.54) is 24.1 Å². The Labute approximate surface area is 173 Å². The molecule has 1 aliphatic heterocycles. The molecule has 3 aromatic rings. The van der Waals surface area contributed by atoms with E-state index < -0.39 is 0 Å². The number of rotatable bonds is 4. The summed E-state index contributed by atoms with van der Waals surface area (Å²) < 4.78 is 2.29. The number of nitriles is 1. The van der Waals surface area contributed by atoms with Crippen LogP contribution in [0.3, 0.4) is 0 Å². The quantitative estimate of drug-likeness (QED) is 0.649. The summed E-state index contributed by atoms with van der Waals surface area (Å²) in [4.78, 5) is 11.2. The van der Waals surface area contributed by atoms with Crippen LogP contribution in [-0.2, 0) is 13.1 Å². The molecule has 0 spiro atoms. The van der Waals surface area contributed by atoms with Crippen molar-refractivity contribution < 1.29 is 0 Å². The van der Waals surface area contributed by atoms with Crippen molar-refractivity contribution in [2.45, 2.75) is 52.6 Å². The van der Waals surface area contributed by atoms with Gasteiger partial charge >= 0.3 is 0 Å². The first-order valence-corrected chi connectivity index (χ1v) is 10.5. The second-order valence-corrected chi connectivity index (χ2v) is 9.33. The molecular weight excluding hydrogens is 358 g/mol. The van der Waals surface area contributed by atoms with Crippen LogP contribution in [0.25, 0.3) is 11.0 Å². The van der Waals surface area contributed by atoms with Crippen LogP contribution in [0, 0.1) is 16.7 Å². The zero-order chi connectivity index (χ0) is 20.4. The number of fused-ring (bicyclic) bond motifs is 1. The molecule has 3 heterocycles. The van der Waals surface area contributed by atoms with Gasteiger partial charge in [0.2, 0.25) is 5.82 Å². The molecule has 0 radical (unpaired) electrons. The first kappa shape index (κ1) is 19.6. The Morgan fingerprint density at radius 1 is 1.14 bits per heavy atom. The number of nitrogens with zero attached hydrogens (tertiary/aromatic N) is 5. The molecule has 0 amide bonds. The second-order valence-electron chi connectivity index (χ2n) is 9.33.